The zero-order valence-corrected chi connectivity index (χ0v) is 12.0. The highest BCUT2D eigenvalue weighted by Gasteiger charge is 2.10. The quantitative estimate of drug-likeness (QED) is 0.839. The van der Waals surface area contributed by atoms with Crippen LogP contribution in [0.15, 0.2) is 36.9 Å². The molecule has 0 bridgehead atoms. The first-order valence-electron chi connectivity index (χ1n) is 6.90. The molecule has 0 fully saturated rings. The van der Waals surface area contributed by atoms with Crippen molar-refractivity contribution in [1.29, 1.82) is 5.26 Å². The third-order valence-corrected chi connectivity index (χ3v) is 2.89. The summed E-state index contributed by atoms with van der Waals surface area (Å²) >= 11 is 0. The Morgan fingerprint density at radius 3 is 2.90 bits per heavy atom. The molecule has 2 heterocycles. The lowest BCUT2D eigenvalue weighted by Gasteiger charge is -2.22. The molecule has 0 saturated heterocycles. The van der Waals surface area contributed by atoms with E-state index in [1.807, 2.05) is 30.2 Å². The van der Waals surface area contributed by atoms with Gasteiger partial charge in [-0.3, -0.25) is 9.97 Å². The van der Waals surface area contributed by atoms with Crippen molar-refractivity contribution in [2.45, 2.75) is 19.9 Å². The van der Waals surface area contributed by atoms with Gasteiger partial charge in [-0.15, -0.1) is 0 Å². The molecule has 0 saturated carbocycles. The fourth-order valence-electron chi connectivity index (χ4n) is 1.95. The summed E-state index contributed by atoms with van der Waals surface area (Å²) < 4.78 is 0. The van der Waals surface area contributed by atoms with Crippen LogP contribution in [0, 0.1) is 11.3 Å². The first-order valence-corrected chi connectivity index (χ1v) is 6.90. The molecule has 0 aromatic carbocycles. The largest absolute Gasteiger partial charge is 0.369 e. The van der Waals surface area contributed by atoms with Crippen molar-refractivity contribution in [3.8, 4) is 6.07 Å². The number of rotatable bonds is 7. The first kappa shape index (κ1) is 14.7. The van der Waals surface area contributed by atoms with Gasteiger partial charge in [0.15, 0.2) is 0 Å². The molecule has 108 valence electrons. The second kappa shape index (κ2) is 7.80. The molecular formula is C15H18N6. The van der Waals surface area contributed by atoms with Crippen LogP contribution in [0.3, 0.4) is 0 Å². The Morgan fingerprint density at radius 1 is 1.29 bits per heavy atom. The second-order valence-electron chi connectivity index (χ2n) is 4.48. The van der Waals surface area contributed by atoms with Crippen molar-refractivity contribution >= 4 is 11.6 Å². The molecule has 0 spiro atoms. The molecule has 2 aromatic heterocycles. The summed E-state index contributed by atoms with van der Waals surface area (Å²) in [6.07, 6.45) is 7.41. The lowest BCUT2D eigenvalue weighted by atomic mass is 10.2. The topological polar surface area (TPSA) is 77.7 Å². The van der Waals surface area contributed by atoms with Crippen LogP contribution in [-0.2, 0) is 6.54 Å². The van der Waals surface area contributed by atoms with Gasteiger partial charge in [-0.25, -0.2) is 4.98 Å². The lowest BCUT2D eigenvalue weighted by molar-refractivity contribution is 0.777. The van der Waals surface area contributed by atoms with Crippen LogP contribution >= 0.6 is 0 Å². The normalized spacial score (nSPS) is 9.90. The standard InChI is InChI=1S/C15H18N6/c1-2-19-14-10-18-11-15(20-14)21(8-4-6-16)12-13-5-3-7-17-9-13/h3,5,7,9-11H,2,4,8,12H2,1H3,(H,19,20). The maximum Gasteiger partial charge on any atom is 0.149 e. The van der Waals surface area contributed by atoms with Crippen LogP contribution in [0.5, 0.6) is 0 Å². The third-order valence-electron chi connectivity index (χ3n) is 2.89. The Labute approximate surface area is 124 Å². The summed E-state index contributed by atoms with van der Waals surface area (Å²) in [7, 11) is 0. The predicted octanol–water partition coefficient (Wildman–Crippen LogP) is 2.22. The highest BCUT2D eigenvalue weighted by atomic mass is 15.2. The molecule has 0 aliphatic heterocycles. The van der Waals surface area contributed by atoms with E-state index in [4.69, 9.17) is 5.26 Å². The molecule has 2 rings (SSSR count). The fraction of sp³-hybridized carbons (Fsp3) is 0.333. The Balaban J connectivity index is 2.19. The molecule has 6 nitrogen and oxygen atoms in total. The minimum atomic E-state index is 0.438. The van der Waals surface area contributed by atoms with Crippen molar-refractivity contribution in [1.82, 2.24) is 15.0 Å². The van der Waals surface area contributed by atoms with E-state index in [-0.39, 0.29) is 0 Å². The summed E-state index contributed by atoms with van der Waals surface area (Å²) in [4.78, 5) is 14.9. The second-order valence-corrected chi connectivity index (χ2v) is 4.48. The number of anilines is 2. The van der Waals surface area contributed by atoms with Crippen LogP contribution in [-0.4, -0.2) is 28.0 Å². The number of hydrogen-bond donors (Lipinski definition) is 1. The van der Waals surface area contributed by atoms with Crippen molar-refractivity contribution in [2.75, 3.05) is 23.3 Å². The van der Waals surface area contributed by atoms with E-state index in [0.717, 1.165) is 23.7 Å². The van der Waals surface area contributed by atoms with Gasteiger partial charge >= 0.3 is 0 Å². The number of nitrogens with one attached hydrogen (secondary N) is 1. The number of hydrogen-bond acceptors (Lipinski definition) is 6. The molecule has 6 heteroatoms. The summed E-state index contributed by atoms with van der Waals surface area (Å²) in [5.74, 6) is 1.50. The molecule has 0 radical (unpaired) electrons. The minimum Gasteiger partial charge on any atom is -0.369 e. The van der Waals surface area contributed by atoms with Crippen LogP contribution in [0.1, 0.15) is 18.9 Å². The van der Waals surface area contributed by atoms with E-state index in [1.54, 1.807) is 18.6 Å². The molecule has 2 aromatic rings. The zero-order chi connectivity index (χ0) is 14.9. The zero-order valence-electron chi connectivity index (χ0n) is 12.0. The average molecular weight is 282 g/mol. The van der Waals surface area contributed by atoms with Crippen LogP contribution in [0.4, 0.5) is 11.6 Å². The van der Waals surface area contributed by atoms with Gasteiger partial charge in [-0.1, -0.05) is 6.07 Å². The Hall–Kier alpha value is -2.68. The van der Waals surface area contributed by atoms with Gasteiger partial charge in [-0.05, 0) is 18.6 Å². The summed E-state index contributed by atoms with van der Waals surface area (Å²) in [6.45, 7) is 4.06. The van der Waals surface area contributed by atoms with Gasteiger partial charge in [-0.2, -0.15) is 5.26 Å². The smallest absolute Gasteiger partial charge is 0.149 e. The third kappa shape index (κ3) is 4.42. The van der Waals surface area contributed by atoms with Crippen LogP contribution in [0.25, 0.3) is 0 Å². The van der Waals surface area contributed by atoms with Crippen molar-refractivity contribution < 1.29 is 0 Å². The summed E-state index contributed by atoms with van der Waals surface area (Å²) in [6, 6.07) is 6.08. The van der Waals surface area contributed by atoms with E-state index < -0.39 is 0 Å². The van der Waals surface area contributed by atoms with Crippen LogP contribution in [0.2, 0.25) is 0 Å². The van der Waals surface area contributed by atoms with E-state index in [1.165, 1.54) is 0 Å². The van der Waals surface area contributed by atoms with E-state index >= 15 is 0 Å². The first-order chi connectivity index (χ1) is 10.3. The van der Waals surface area contributed by atoms with Gasteiger partial charge in [0.05, 0.1) is 24.9 Å². The monoisotopic (exact) mass is 282 g/mol. The summed E-state index contributed by atoms with van der Waals surface area (Å²) in [5, 5.41) is 12.0. The number of pyridine rings is 1. The number of nitriles is 1. The maximum absolute atomic E-state index is 8.83. The molecule has 0 aliphatic rings. The molecule has 0 atom stereocenters. The van der Waals surface area contributed by atoms with E-state index in [2.05, 4.69) is 26.3 Å². The van der Waals surface area contributed by atoms with Gasteiger partial charge < -0.3 is 10.2 Å². The molecule has 0 amide bonds. The maximum atomic E-state index is 8.83. The van der Waals surface area contributed by atoms with Gasteiger partial charge in [0, 0.05) is 32.0 Å². The van der Waals surface area contributed by atoms with E-state index in [9.17, 15) is 0 Å². The molecular weight excluding hydrogens is 264 g/mol. The Bertz CT molecular complexity index is 593. The SMILES string of the molecule is CCNc1cncc(N(CCC#N)Cc2cccnc2)n1. The molecule has 0 unspecified atom stereocenters. The van der Waals surface area contributed by atoms with Gasteiger partial charge in [0.2, 0.25) is 0 Å². The highest BCUT2D eigenvalue weighted by Crippen LogP contribution is 2.16. The van der Waals surface area contributed by atoms with Crippen molar-refractivity contribution in [3.05, 3.63) is 42.5 Å². The van der Waals surface area contributed by atoms with Crippen LogP contribution < -0.4 is 10.2 Å². The average Bonchev–Trinajstić information content (AvgIpc) is 2.53. The Kier molecular flexibility index (Phi) is 5.47. The summed E-state index contributed by atoms with van der Waals surface area (Å²) in [5.41, 5.74) is 1.08. The minimum absolute atomic E-state index is 0.438. The number of nitrogens with zero attached hydrogens (tertiary/aromatic N) is 5. The van der Waals surface area contributed by atoms with E-state index in [0.29, 0.717) is 19.5 Å². The fourth-order valence-corrected chi connectivity index (χ4v) is 1.95. The predicted molar refractivity (Wildman–Crippen MR) is 81.7 cm³/mol. The van der Waals surface area contributed by atoms with Gasteiger partial charge in [0.25, 0.3) is 0 Å². The molecule has 1 N–H and O–H groups in total. The molecule has 0 aliphatic carbocycles. The van der Waals surface area contributed by atoms with Gasteiger partial charge in [0.1, 0.15) is 11.6 Å². The lowest BCUT2D eigenvalue weighted by Crippen LogP contribution is -2.25. The van der Waals surface area contributed by atoms with Crippen molar-refractivity contribution in [2.24, 2.45) is 0 Å². The molecule has 21 heavy (non-hydrogen) atoms. The Morgan fingerprint density at radius 2 is 2.19 bits per heavy atom. The van der Waals surface area contributed by atoms with Crippen molar-refractivity contribution in [3.63, 3.8) is 0 Å². The highest BCUT2D eigenvalue weighted by molar-refractivity contribution is 5.44. The number of aromatic nitrogens is 3.